The number of rotatable bonds is 5. The van der Waals surface area contributed by atoms with E-state index in [1.54, 1.807) is 6.07 Å². The van der Waals surface area contributed by atoms with Gasteiger partial charge in [0.05, 0.1) is 12.2 Å². The summed E-state index contributed by atoms with van der Waals surface area (Å²) in [5, 5.41) is 9.32. The minimum atomic E-state index is 0.656. The van der Waals surface area contributed by atoms with Crippen molar-refractivity contribution < 1.29 is 0 Å². The lowest BCUT2D eigenvalue weighted by molar-refractivity contribution is 0.631. The van der Waals surface area contributed by atoms with Crippen LogP contribution in [0.2, 0.25) is 10.0 Å². The summed E-state index contributed by atoms with van der Waals surface area (Å²) >= 11 is 12.0. The van der Waals surface area contributed by atoms with Gasteiger partial charge in [0.15, 0.2) is 0 Å². The summed E-state index contributed by atoms with van der Waals surface area (Å²) in [6, 6.07) is 8.29. The summed E-state index contributed by atoms with van der Waals surface area (Å²) in [7, 11) is 0. The van der Waals surface area contributed by atoms with Gasteiger partial charge in [-0.25, -0.2) is 0 Å². The van der Waals surface area contributed by atoms with Gasteiger partial charge in [-0.1, -0.05) is 29.3 Å². The first-order valence-electron chi connectivity index (χ1n) is 6.40. The molecule has 1 aromatic heterocycles. The summed E-state index contributed by atoms with van der Waals surface area (Å²) in [5.41, 5.74) is 2.09. The zero-order valence-electron chi connectivity index (χ0n) is 10.4. The highest BCUT2D eigenvalue weighted by atomic mass is 35.5. The maximum Gasteiger partial charge on any atom is 0.0762 e. The van der Waals surface area contributed by atoms with Crippen LogP contribution in [-0.2, 0) is 13.1 Å². The third-order valence-electron chi connectivity index (χ3n) is 3.19. The van der Waals surface area contributed by atoms with Crippen LogP contribution in [0.5, 0.6) is 0 Å². The van der Waals surface area contributed by atoms with E-state index < -0.39 is 0 Å². The number of nitrogens with zero attached hydrogens (tertiary/aromatic N) is 2. The lowest BCUT2D eigenvalue weighted by atomic mass is 10.2. The second-order valence-corrected chi connectivity index (χ2v) is 5.74. The van der Waals surface area contributed by atoms with Crippen LogP contribution in [-0.4, -0.2) is 15.8 Å². The summed E-state index contributed by atoms with van der Waals surface area (Å²) in [6.45, 7) is 1.51. The maximum atomic E-state index is 6.16. The third-order valence-corrected chi connectivity index (χ3v) is 3.78. The van der Waals surface area contributed by atoms with Crippen LogP contribution in [0.25, 0.3) is 0 Å². The van der Waals surface area contributed by atoms with Crippen molar-refractivity contribution in [2.24, 2.45) is 0 Å². The lowest BCUT2D eigenvalue weighted by Gasteiger charge is -2.05. The highest BCUT2D eigenvalue weighted by molar-refractivity contribution is 6.35. The molecule has 0 bridgehead atoms. The van der Waals surface area contributed by atoms with Crippen LogP contribution < -0.4 is 5.32 Å². The molecular formula is C14H15Cl2N3. The molecule has 1 fully saturated rings. The molecule has 3 nitrogen and oxygen atoms in total. The second-order valence-electron chi connectivity index (χ2n) is 4.90. The Bertz CT molecular complexity index is 576. The lowest BCUT2D eigenvalue weighted by Crippen LogP contribution is -2.16. The molecule has 1 aromatic carbocycles. The van der Waals surface area contributed by atoms with E-state index >= 15 is 0 Å². The topological polar surface area (TPSA) is 29.9 Å². The molecule has 3 rings (SSSR count). The molecule has 1 heterocycles. The average molecular weight is 296 g/mol. The molecule has 1 saturated carbocycles. The Hall–Kier alpha value is -1.03. The van der Waals surface area contributed by atoms with Gasteiger partial charge in [-0.2, -0.15) is 5.10 Å². The van der Waals surface area contributed by atoms with Crippen molar-refractivity contribution in [3.8, 4) is 0 Å². The van der Waals surface area contributed by atoms with Crippen LogP contribution in [0.4, 0.5) is 0 Å². The molecule has 0 amide bonds. The van der Waals surface area contributed by atoms with E-state index in [1.807, 2.05) is 29.1 Å². The van der Waals surface area contributed by atoms with E-state index in [0.29, 0.717) is 22.6 Å². The van der Waals surface area contributed by atoms with Gasteiger partial charge in [0.1, 0.15) is 0 Å². The quantitative estimate of drug-likeness (QED) is 0.915. The van der Waals surface area contributed by atoms with Gasteiger partial charge in [0.25, 0.3) is 0 Å². The zero-order valence-corrected chi connectivity index (χ0v) is 12.0. The van der Waals surface area contributed by atoms with Crippen molar-refractivity contribution >= 4 is 23.2 Å². The SMILES string of the molecule is Clc1ccc(Cn2ccc(CNC3CC3)n2)c(Cl)c1. The number of hydrogen-bond donors (Lipinski definition) is 1. The molecule has 19 heavy (non-hydrogen) atoms. The summed E-state index contributed by atoms with van der Waals surface area (Å²) in [6.07, 6.45) is 4.57. The molecule has 2 aromatic rings. The Morgan fingerprint density at radius 3 is 2.84 bits per heavy atom. The summed E-state index contributed by atoms with van der Waals surface area (Å²) < 4.78 is 1.90. The molecule has 0 spiro atoms. The van der Waals surface area contributed by atoms with Crippen molar-refractivity contribution in [1.29, 1.82) is 0 Å². The van der Waals surface area contributed by atoms with Crippen LogP contribution >= 0.6 is 23.2 Å². The normalized spacial score (nSPS) is 14.8. The van der Waals surface area contributed by atoms with Crippen molar-refractivity contribution in [3.05, 3.63) is 51.8 Å². The van der Waals surface area contributed by atoms with Gasteiger partial charge in [0.2, 0.25) is 0 Å². The number of aromatic nitrogens is 2. The molecule has 1 N–H and O–H groups in total. The number of nitrogens with one attached hydrogen (secondary N) is 1. The molecule has 5 heteroatoms. The minimum absolute atomic E-state index is 0.656. The Morgan fingerprint density at radius 2 is 2.11 bits per heavy atom. The van der Waals surface area contributed by atoms with E-state index in [4.69, 9.17) is 23.2 Å². The molecule has 0 aliphatic heterocycles. The molecule has 0 unspecified atom stereocenters. The maximum absolute atomic E-state index is 6.16. The Balaban J connectivity index is 1.65. The Morgan fingerprint density at radius 1 is 1.26 bits per heavy atom. The molecule has 0 atom stereocenters. The first-order chi connectivity index (χ1) is 9.20. The van der Waals surface area contributed by atoms with Crippen molar-refractivity contribution in [2.45, 2.75) is 32.0 Å². The van der Waals surface area contributed by atoms with E-state index in [0.717, 1.165) is 17.8 Å². The average Bonchev–Trinajstić information content (AvgIpc) is 3.10. The van der Waals surface area contributed by atoms with E-state index in [9.17, 15) is 0 Å². The predicted molar refractivity (Wildman–Crippen MR) is 77.7 cm³/mol. The number of halogens is 2. The zero-order chi connectivity index (χ0) is 13.2. The highest BCUT2D eigenvalue weighted by Crippen LogP contribution is 2.22. The van der Waals surface area contributed by atoms with E-state index in [1.165, 1.54) is 12.8 Å². The van der Waals surface area contributed by atoms with Crippen LogP contribution in [0, 0.1) is 0 Å². The number of benzene rings is 1. The van der Waals surface area contributed by atoms with Gasteiger partial charge < -0.3 is 5.32 Å². The predicted octanol–water partition coefficient (Wildman–Crippen LogP) is 3.49. The molecule has 0 radical (unpaired) electrons. The molecular weight excluding hydrogens is 281 g/mol. The molecule has 1 aliphatic rings. The summed E-state index contributed by atoms with van der Waals surface area (Å²) in [5.74, 6) is 0. The van der Waals surface area contributed by atoms with Crippen LogP contribution in [0.15, 0.2) is 30.5 Å². The van der Waals surface area contributed by atoms with Gasteiger partial charge in [-0.05, 0) is 36.6 Å². The fourth-order valence-electron chi connectivity index (χ4n) is 1.95. The second kappa shape index (κ2) is 5.53. The van der Waals surface area contributed by atoms with Gasteiger partial charge in [-0.15, -0.1) is 0 Å². The van der Waals surface area contributed by atoms with E-state index in [2.05, 4.69) is 10.4 Å². The van der Waals surface area contributed by atoms with Crippen LogP contribution in [0.3, 0.4) is 0 Å². The Kier molecular flexibility index (Phi) is 3.78. The van der Waals surface area contributed by atoms with Crippen molar-refractivity contribution in [3.63, 3.8) is 0 Å². The van der Waals surface area contributed by atoms with Crippen molar-refractivity contribution in [1.82, 2.24) is 15.1 Å². The Labute approximate surface area is 122 Å². The number of hydrogen-bond acceptors (Lipinski definition) is 2. The fraction of sp³-hybridized carbons (Fsp3) is 0.357. The van der Waals surface area contributed by atoms with Crippen molar-refractivity contribution in [2.75, 3.05) is 0 Å². The molecule has 100 valence electrons. The monoisotopic (exact) mass is 295 g/mol. The first-order valence-corrected chi connectivity index (χ1v) is 7.16. The molecule has 1 aliphatic carbocycles. The highest BCUT2D eigenvalue weighted by Gasteiger charge is 2.20. The molecule has 0 saturated heterocycles. The van der Waals surface area contributed by atoms with E-state index in [-0.39, 0.29) is 0 Å². The summed E-state index contributed by atoms with van der Waals surface area (Å²) in [4.78, 5) is 0. The fourth-order valence-corrected chi connectivity index (χ4v) is 2.42. The smallest absolute Gasteiger partial charge is 0.0762 e. The third kappa shape index (κ3) is 3.50. The largest absolute Gasteiger partial charge is 0.308 e. The first kappa shape index (κ1) is 13.0. The van der Waals surface area contributed by atoms with Gasteiger partial charge >= 0.3 is 0 Å². The van der Waals surface area contributed by atoms with Gasteiger partial charge in [0, 0.05) is 28.8 Å². The standard InChI is InChI=1S/C14H15Cl2N3/c15-11-2-1-10(14(16)7-11)9-19-6-5-13(18-19)8-17-12-3-4-12/h1-2,5-7,12,17H,3-4,8-9H2. The van der Waals surface area contributed by atoms with Gasteiger partial charge in [-0.3, -0.25) is 4.68 Å². The minimum Gasteiger partial charge on any atom is -0.308 e. The van der Waals surface area contributed by atoms with Crippen LogP contribution in [0.1, 0.15) is 24.1 Å².